The van der Waals surface area contributed by atoms with Crippen molar-refractivity contribution in [3.8, 4) is 0 Å². The fourth-order valence-corrected chi connectivity index (χ4v) is 3.94. The van der Waals surface area contributed by atoms with Crippen LogP contribution in [-0.4, -0.2) is 4.98 Å². The Morgan fingerprint density at radius 3 is 2.36 bits per heavy atom. The van der Waals surface area contributed by atoms with Crippen molar-refractivity contribution >= 4 is 28.4 Å². The number of nitrogens with one attached hydrogen (secondary N) is 2. The summed E-state index contributed by atoms with van der Waals surface area (Å²) >= 11 is 1.82. The zero-order valence-electron chi connectivity index (χ0n) is 14.1. The summed E-state index contributed by atoms with van der Waals surface area (Å²) in [5.41, 5.74) is 4.81. The Kier molecular flexibility index (Phi) is 4.49. The molecule has 0 aliphatic carbocycles. The van der Waals surface area contributed by atoms with E-state index in [1.807, 2.05) is 11.8 Å². The molecule has 0 bridgehead atoms. The molecule has 0 radical (unpaired) electrons. The van der Waals surface area contributed by atoms with Gasteiger partial charge in [0.25, 0.3) is 0 Å². The predicted molar refractivity (Wildman–Crippen MR) is 107 cm³/mol. The highest BCUT2D eigenvalue weighted by Crippen LogP contribution is 2.36. The normalized spacial score (nSPS) is 10.9. The van der Waals surface area contributed by atoms with Gasteiger partial charge in [0.1, 0.15) is 0 Å². The monoisotopic (exact) mass is 344 g/mol. The Morgan fingerprint density at radius 1 is 0.840 bits per heavy atom. The molecule has 0 aliphatic rings. The van der Waals surface area contributed by atoms with Gasteiger partial charge >= 0.3 is 0 Å². The van der Waals surface area contributed by atoms with E-state index in [-0.39, 0.29) is 0 Å². The average molecular weight is 344 g/mol. The molecule has 4 rings (SSSR count). The highest BCUT2D eigenvalue weighted by atomic mass is 32.2. The zero-order valence-corrected chi connectivity index (χ0v) is 14.9. The third-order valence-electron chi connectivity index (χ3n) is 4.22. The third kappa shape index (κ3) is 3.57. The van der Waals surface area contributed by atoms with Crippen molar-refractivity contribution in [2.45, 2.75) is 23.3 Å². The number of H-pyrrole nitrogens is 1. The van der Waals surface area contributed by atoms with Crippen LogP contribution in [0.15, 0.2) is 88.7 Å². The number of rotatable bonds is 5. The highest BCUT2D eigenvalue weighted by Gasteiger charge is 2.12. The first-order chi connectivity index (χ1) is 12.3. The maximum absolute atomic E-state index is 3.58. The van der Waals surface area contributed by atoms with Crippen LogP contribution in [0.1, 0.15) is 11.3 Å². The van der Waals surface area contributed by atoms with Crippen LogP contribution < -0.4 is 5.32 Å². The first-order valence-corrected chi connectivity index (χ1v) is 9.24. The van der Waals surface area contributed by atoms with Gasteiger partial charge in [0.2, 0.25) is 0 Å². The fourth-order valence-electron chi connectivity index (χ4n) is 2.88. The van der Waals surface area contributed by atoms with Crippen molar-refractivity contribution in [1.29, 1.82) is 0 Å². The Bertz CT molecular complexity index is 972. The number of anilines is 1. The van der Waals surface area contributed by atoms with Crippen LogP contribution in [0.25, 0.3) is 10.9 Å². The number of fused-ring (bicyclic) bond motifs is 1. The molecule has 1 aromatic heterocycles. The molecule has 25 heavy (non-hydrogen) atoms. The highest BCUT2D eigenvalue weighted by molar-refractivity contribution is 7.99. The van der Waals surface area contributed by atoms with Gasteiger partial charge in [-0.2, -0.15) is 0 Å². The average Bonchev–Trinajstić information content (AvgIpc) is 3.00. The van der Waals surface area contributed by atoms with Gasteiger partial charge in [0, 0.05) is 32.1 Å². The first-order valence-electron chi connectivity index (χ1n) is 8.42. The Hall–Kier alpha value is -2.65. The molecule has 0 spiro atoms. The van der Waals surface area contributed by atoms with E-state index in [1.54, 1.807) is 0 Å². The largest absolute Gasteiger partial charge is 0.379 e. The van der Waals surface area contributed by atoms with E-state index in [0.29, 0.717) is 0 Å². The number of aromatic nitrogens is 1. The second-order valence-corrected chi connectivity index (χ2v) is 7.20. The van der Waals surface area contributed by atoms with Crippen molar-refractivity contribution in [2.75, 3.05) is 5.32 Å². The maximum atomic E-state index is 3.58. The molecule has 0 unspecified atom stereocenters. The zero-order chi connectivity index (χ0) is 17.1. The first kappa shape index (κ1) is 15.9. The van der Waals surface area contributed by atoms with Crippen LogP contribution in [-0.2, 0) is 6.54 Å². The standard InChI is InChI=1S/C22H20N2S/c1-16-11-13-17(14-12-16)23-15-21-22(25-18-7-3-2-4-8-18)19-9-5-6-10-20(19)24-21/h2-14,23-24H,15H2,1H3. The summed E-state index contributed by atoms with van der Waals surface area (Å²) in [5, 5.41) is 4.81. The van der Waals surface area contributed by atoms with Gasteiger partial charge in [-0.25, -0.2) is 0 Å². The summed E-state index contributed by atoms with van der Waals surface area (Å²) in [5.74, 6) is 0. The molecule has 0 atom stereocenters. The lowest BCUT2D eigenvalue weighted by Gasteiger charge is -2.08. The molecule has 3 aromatic carbocycles. The summed E-state index contributed by atoms with van der Waals surface area (Å²) in [6.07, 6.45) is 0. The van der Waals surface area contributed by atoms with Crippen LogP contribution in [0.5, 0.6) is 0 Å². The van der Waals surface area contributed by atoms with Crippen LogP contribution in [0, 0.1) is 6.92 Å². The predicted octanol–water partition coefficient (Wildman–Crippen LogP) is 6.24. The van der Waals surface area contributed by atoms with E-state index < -0.39 is 0 Å². The van der Waals surface area contributed by atoms with Gasteiger partial charge < -0.3 is 10.3 Å². The molecule has 0 saturated heterocycles. The van der Waals surface area contributed by atoms with Crippen LogP contribution in [0.3, 0.4) is 0 Å². The van der Waals surface area contributed by atoms with Crippen LogP contribution >= 0.6 is 11.8 Å². The van der Waals surface area contributed by atoms with Crippen LogP contribution in [0.4, 0.5) is 5.69 Å². The molecule has 0 fully saturated rings. The minimum atomic E-state index is 0.771. The lowest BCUT2D eigenvalue weighted by atomic mass is 10.2. The summed E-state index contributed by atoms with van der Waals surface area (Å²) in [6, 6.07) is 27.6. The van der Waals surface area contributed by atoms with E-state index >= 15 is 0 Å². The van der Waals surface area contributed by atoms with Gasteiger partial charge in [-0.3, -0.25) is 0 Å². The van der Waals surface area contributed by atoms with Gasteiger partial charge in [-0.05, 0) is 37.3 Å². The number of benzene rings is 3. The van der Waals surface area contributed by atoms with Crippen LogP contribution in [0.2, 0.25) is 0 Å². The topological polar surface area (TPSA) is 27.8 Å². The van der Waals surface area contributed by atoms with E-state index in [4.69, 9.17) is 0 Å². The Morgan fingerprint density at radius 2 is 1.56 bits per heavy atom. The van der Waals surface area contributed by atoms with Gasteiger partial charge in [-0.1, -0.05) is 65.9 Å². The lowest BCUT2D eigenvalue weighted by Crippen LogP contribution is -2.00. The lowest BCUT2D eigenvalue weighted by molar-refractivity contribution is 1.04. The minimum Gasteiger partial charge on any atom is -0.379 e. The minimum absolute atomic E-state index is 0.771. The molecule has 0 aliphatic heterocycles. The van der Waals surface area contributed by atoms with Crippen molar-refractivity contribution in [1.82, 2.24) is 4.98 Å². The molecule has 1 heterocycles. The summed E-state index contributed by atoms with van der Waals surface area (Å²) in [7, 11) is 0. The van der Waals surface area contributed by atoms with Crippen molar-refractivity contribution in [3.63, 3.8) is 0 Å². The SMILES string of the molecule is Cc1ccc(NCc2[nH]c3ccccc3c2Sc2ccccc2)cc1. The molecule has 0 amide bonds. The third-order valence-corrected chi connectivity index (χ3v) is 5.39. The van der Waals surface area contributed by atoms with E-state index in [1.165, 1.54) is 32.0 Å². The fraction of sp³-hybridized carbons (Fsp3) is 0.0909. The maximum Gasteiger partial charge on any atom is 0.0563 e. The second kappa shape index (κ2) is 7.08. The van der Waals surface area contributed by atoms with Crippen molar-refractivity contribution in [2.24, 2.45) is 0 Å². The molecule has 0 saturated carbocycles. The summed E-state index contributed by atoms with van der Waals surface area (Å²) < 4.78 is 0. The second-order valence-electron chi connectivity index (χ2n) is 6.11. The van der Waals surface area contributed by atoms with E-state index in [2.05, 4.69) is 96.1 Å². The molecule has 4 aromatic rings. The van der Waals surface area contributed by atoms with Gasteiger partial charge in [0.15, 0.2) is 0 Å². The molecule has 3 heteroatoms. The molecular formula is C22H20N2S. The van der Waals surface area contributed by atoms with Crippen molar-refractivity contribution in [3.05, 3.63) is 90.1 Å². The molecule has 2 N–H and O–H groups in total. The number of aromatic amines is 1. The Balaban J connectivity index is 1.65. The molecular weight excluding hydrogens is 324 g/mol. The number of para-hydroxylation sites is 1. The smallest absolute Gasteiger partial charge is 0.0563 e. The van der Waals surface area contributed by atoms with E-state index in [0.717, 1.165) is 12.2 Å². The molecule has 2 nitrogen and oxygen atoms in total. The summed E-state index contributed by atoms with van der Waals surface area (Å²) in [6.45, 7) is 2.88. The van der Waals surface area contributed by atoms with Gasteiger partial charge in [-0.15, -0.1) is 0 Å². The molecule has 124 valence electrons. The summed E-state index contributed by atoms with van der Waals surface area (Å²) in [4.78, 5) is 6.13. The van der Waals surface area contributed by atoms with Crippen molar-refractivity contribution < 1.29 is 0 Å². The van der Waals surface area contributed by atoms with Gasteiger partial charge in [0.05, 0.1) is 6.54 Å². The number of aryl methyl sites for hydroxylation is 1. The Labute approximate surface area is 152 Å². The van der Waals surface area contributed by atoms with E-state index in [9.17, 15) is 0 Å². The number of hydrogen-bond donors (Lipinski definition) is 2. The quantitative estimate of drug-likeness (QED) is 0.448. The number of hydrogen-bond acceptors (Lipinski definition) is 2.